The smallest absolute Gasteiger partial charge is 0.182 e. The van der Waals surface area contributed by atoms with Gasteiger partial charge >= 0.3 is 0 Å². The highest BCUT2D eigenvalue weighted by atomic mass is 32.2. The molecule has 3 rings (SSSR count). The first kappa shape index (κ1) is 19.6. The van der Waals surface area contributed by atoms with Gasteiger partial charge in [-0.3, -0.25) is 4.79 Å². The number of rotatable bonds is 6. The lowest BCUT2D eigenvalue weighted by molar-refractivity contribution is -0.0870. The summed E-state index contributed by atoms with van der Waals surface area (Å²) >= 11 is 0. The summed E-state index contributed by atoms with van der Waals surface area (Å²) in [5.41, 5.74) is 0.0866. The zero-order valence-electron chi connectivity index (χ0n) is 15.1. The van der Waals surface area contributed by atoms with Gasteiger partial charge in [-0.05, 0) is 36.2 Å². The van der Waals surface area contributed by atoms with Crippen molar-refractivity contribution >= 4 is 15.6 Å². The van der Waals surface area contributed by atoms with Crippen LogP contribution in [0.5, 0.6) is 0 Å². The lowest BCUT2D eigenvalue weighted by Crippen LogP contribution is -2.45. The molecule has 1 aliphatic heterocycles. The van der Waals surface area contributed by atoms with Crippen LogP contribution in [-0.2, 0) is 21.0 Å². The van der Waals surface area contributed by atoms with E-state index in [0.717, 1.165) is 0 Å². The number of hydrogen-bond acceptors (Lipinski definition) is 4. The van der Waals surface area contributed by atoms with Crippen molar-refractivity contribution < 1.29 is 26.7 Å². The third-order valence-corrected chi connectivity index (χ3v) is 6.69. The average molecular weight is 394 g/mol. The fourth-order valence-corrected chi connectivity index (χ4v) is 5.04. The van der Waals surface area contributed by atoms with Crippen LogP contribution in [0.2, 0.25) is 0 Å². The molecule has 0 bridgehead atoms. The maximum absolute atomic E-state index is 14.9. The molecular weight excluding hydrogens is 374 g/mol. The third-order valence-electron chi connectivity index (χ3n) is 4.63. The predicted octanol–water partition coefficient (Wildman–Crippen LogP) is 3.51. The van der Waals surface area contributed by atoms with E-state index in [2.05, 4.69) is 0 Å². The van der Waals surface area contributed by atoms with Crippen molar-refractivity contribution in [2.45, 2.75) is 25.2 Å². The molecule has 0 saturated carbocycles. The minimum absolute atomic E-state index is 0.146. The van der Waals surface area contributed by atoms with E-state index >= 15 is 0 Å². The number of sulfone groups is 1. The molecule has 2 aromatic carbocycles. The van der Waals surface area contributed by atoms with Gasteiger partial charge in [0.05, 0.1) is 24.5 Å². The van der Waals surface area contributed by atoms with Crippen LogP contribution < -0.4 is 0 Å². The fourth-order valence-electron chi connectivity index (χ4n) is 3.13. The lowest BCUT2D eigenvalue weighted by atomic mass is 9.92. The van der Waals surface area contributed by atoms with Crippen molar-refractivity contribution in [2.24, 2.45) is 5.41 Å². The maximum atomic E-state index is 14.9. The molecule has 7 heteroatoms. The molecule has 0 radical (unpaired) electrons. The number of halogens is 2. The largest absolute Gasteiger partial charge is 0.380 e. The SMILES string of the molecule is Cc1cc(CC(=O)c2cccc(S(=O)(=O)CC3(C)COC3)c2F)ccc1F. The van der Waals surface area contributed by atoms with Crippen molar-refractivity contribution in [3.8, 4) is 0 Å². The van der Waals surface area contributed by atoms with Gasteiger partial charge in [-0.25, -0.2) is 17.2 Å². The van der Waals surface area contributed by atoms with Gasteiger partial charge < -0.3 is 4.74 Å². The quantitative estimate of drug-likeness (QED) is 0.704. The topological polar surface area (TPSA) is 60.4 Å². The van der Waals surface area contributed by atoms with Gasteiger partial charge in [-0.1, -0.05) is 25.1 Å². The Bertz CT molecular complexity index is 995. The van der Waals surface area contributed by atoms with Gasteiger partial charge in [-0.15, -0.1) is 0 Å². The van der Waals surface area contributed by atoms with Crippen LogP contribution in [-0.4, -0.2) is 33.2 Å². The number of benzene rings is 2. The molecular formula is C20H20F2O4S. The summed E-state index contributed by atoms with van der Waals surface area (Å²) < 4.78 is 58.5. The predicted molar refractivity (Wildman–Crippen MR) is 96.6 cm³/mol. The number of hydrogen-bond donors (Lipinski definition) is 0. The second-order valence-electron chi connectivity index (χ2n) is 7.36. The maximum Gasteiger partial charge on any atom is 0.182 e. The van der Waals surface area contributed by atoms with Gasteiger partial charge in [0.1, 0.15) is 10.7 Å². The summed E-state index contributed by atoms with van der Waals surface area (Å²) in [7, 11) is -3.91. The molecule has 1 saturated heterocycles. The first-order chi connectivity index (χ1) is 12.6. The first-order valence-electron chi connectivity index (χ1n) is 8.49. The van der Waals surface area contributed by atoms with E-state index in [9.17, 15) is 22.0 Å². The Balaban J connectivity index is 1.87. The molecule has 1 aliphatic rings. The summed E-state index contributed by atoms with van der Waals surface area (Å²) in [5.74, 6) is -2.23. The van der Waals surface area contributed by atoms with E-state index in [1.54, 1.807) is 13.8 Å². The molecule has 1 heterocycles. The Morgan fingerprint density at radius 3 is 2.48 bits per heavy atom. The van der Waals surface area contributed by atoms with Gasteiger partial charge in [0.25, 0.3) is 0 Å². The van der Waals surface area contributed by atoms with Crippen molar-refractivity contribution in [1.82, 2.24) is 0 Å². The molecule has 1 fully saturated rings. The molecule has 27 heavy (non-hydrogen) atoms. The zero-order chi connectivity index (χ0) is 19.8. The van der Waals surface area contributed by atoms with Crippen molar-refractivity contribution in [1.29, 1.82) is 0 Å². The number of aryl methyl sites for hydroxylation is 1. The van der Waals surface area contributed by atoms with Gasteiger partial charge in [-0.2, -0.15) is 0 Å². The normalized spacial score (nSPS) is 16.0. The first-order valence-corrected chi connectivity index (χ1v) is 10.1. The fraction of sp³-hybridized carbons (Fsp3) is 0.350. The molecule has 0 N–H and O–H groups in total. The minimum Gasteiger partial charge on any atom is -0.380 e. The molecule has 0 unspecified atom stereocenters. The number of carbonyl (C=O) groups is 1. The molecule has 0 spiro atoms. The number of carbonyl (C=O) groups excluding carboxylic acids is 1. The molecule has 0 aliphatic carbocycles. The van der Waals surface area contributed by atoms with E-state index in [-0.39, 0.29) is 23.6 Å². The second kappa shape index (κ2) is 7.13. The molecule has 144 valence electrons. The highest BCUT2D eigenvalue weighted by Gasteiger charge is 2.39. The highest BCUT2D eigenvalue weighted by molar-refractivity contribution is 7.91. The minimum atomic E-state index is -3.91. The number of ketones is 1. The van der Waals surface area contributed by atoms with Crippen molar-refractivity contribution in [3.63, 3.8) is 0 Å². The van der Waals surface area contributed by atoms with Crippen LogP contribution in [0.3, 0.4) is 0 Å². The standard InChI is InChI=1S/C20H20F2O4S/c1-13-8-14(6-7-16(13)21)9-17(23)15-4-3-5-18(19(15)22)27(24,25)12-20(2)10-26-11-20/h3-8H,9-12H2,1-2H3. The van der Waals surface area contributed by atoms with E-state index in [4.69, 9.17) is 4.74 Å². The van der Waals surface area contributed by atoms with Gasteiger partial charge in [0, 0.05) is 11.8 Å². The second-order valence-corrected chi connectivity index (χ2v) is 9.32. The molecule has 4 nitrogen and oxygen atoms in total. The Morgan fingerprint density at radius 1 is 1.19 bits per heavy atom. The Labute approximate surface area is 157 Å². The molecule has 0 amide bonds. The molecule has 0 aromatic heterocycles. The zero-order valence-corrected chi connectivity index (χ0v) is 15.9. The van der Waals surface area contributed by atoms with Gasteiger partial charge in [0.15, 0.2) is 21.4 Å². The summed E-state index contributed by atoms with van der Waals surface area (Å²) in [6.45, 7) is 3.94. The summed E-state index contributed by atoms with van der Waals surface area (Å²) in [6, 6.07) is 8.02. The lowest BCUT2D eigenvalue weighted by Gasteiger charge is -2.37. The molecule has 0 atom stereocenters. The summed E-state index contributed by atoms with van der Waals surface area (Å²) in [6.07, 6.45) is -0.146. The Kier molecular flexibility index (Phi) is 5.18. The summed E-state index contributed by atoms with van der Waals surface area (Å²) in [4.78, 5) is 12.0. The van der Waals surface area contributed by atoms with E-state index in [1.165, 1.54) is 36.4 Å². The van der Waals surface area contributed by atoms with Crippen LogP contribution in [0.15, 0.2) is 41.3 Å². The van der Waals surface area contributed by atoms with E-state index in [0.29, 0.717) is 24.3 Å². The summed E-state index contributed by atoms with van der Waals surface area (Å²) in [5, 5.41) is 0. The monoisotopic (exact) mass is 394 g/mol. The Hall–Kier alpha value is -2.12. The molecule has 2 aromatic rings. The Morgan fingerprint density at radius 2 is 1.89 bits per heavy atom. The van der Waals surface area contributed by atoms with Crippen LogP contribution in [0.25, 0.3) is 0 Å². The van der Waals surface area contributed by atoms with Crippen LogP contribution >= 0.6 is 0 Å². The average Bonchev–Trinajstić information content (AvgIpc) is 2.56. The van der Waals surface area contributed by atoms with Crippen LogP contribution in [0.1, 0.15) is 28.4 Å². The van der Waals surface area contributed by atoms with E-state index in [1.807, 2.05) is 0 Å². The van der Waals surface area contributed by atoms with Crippen molar-refractivity contribution in [2.75, 3.05) is 19.0 Å². The van der Waals surface area contributed by atoms with Crippen LogP contribution in [0.4, 0.5) is 8.78 Å². The highest BCUT2D eigenvalue weighted by Crippen LogP contribution is 2.32. The van der Waals surface area contributed by atoms with E-state index < -0.39 is 31.7 Å². The van der Waals surface area contributed by atoms with Crippen LogP contribution in [0, 0.1) is 24.0 Å². The van der Waals surface area contributed by atoms with Gasteiger partial charge in [0.2, 0.25) is 0 Å². The van der Waals surface area contributed by atoms with Crippen molar-refractivity contribution in [3.05, 3.63) is 64.7 Å². The number of ether oxygens (including phenoxy) is 1. The number of Topliss-reactive ketones (excluding diaryl/α,β-unsaturated/α-hetero) is 1. The third kappa shape index (κ3) is 4.09.